The quantitative estimate of drug-likeness (QED) is 0.482. The Kier molecular flexibility index (Phi) is 7.28. The number of hydrogen-bond acceptors (Lipinski definition) is 6. The Balaban J connectivity index is 1.84. The fraction of sp³-hybridized carbons (Fsp3) is 0.444. The van der Waals surface area contributed by atoms with Gasteiger partial charge < -0.3 is 14.4 Å². The van der Waals surface area contributed by atoms with Crippen LogP contribution in [0.5, 0.6) is 5.75 Å². The van der Waals surface area contributed by atoms with Crippen LogP contribution in [0.2, 0.25) is 0 Å². The van der Waals surface area contributed by atoms with Crippen LogP contribution in [0, 0.1) is 0 Å². The Morgan fingerprint density at radius 1 is 1.24 bits per heavy atom. The summed E-state index contributed by atoms with van der Waals surface area (Å²) < 4.78 is 68.1. The Bertz CT molecular complexity index is 865. The van der Waals surface area contributed by atoms with Gasteiger partial charge in [0.25, 0.3) is 5.91 Å². The molecule has 1 heterocycles. The van der Waals surface area contributed by atoms with Gasteiger partial charge in [-0.05, 0) is 37.1 Å². The van der Waals surface area contributed by atoms with E-state index in [9.17, 15) is 31.2 Å². The third kappa shape index (κ3) is 7.41. The first-order chi connectivity index (χ1) is 13.5. The second-order valence-electron chi connectivity index (χ2n) is 6.29. The molecule has 0 radical (unpaired) electrons. The van der Waals surface area contributed by atoms with E-state index < -0.39 is 46.5 Å². The van der Waals surface area contributed by atoms with Gasteiger partial charge in [0.2, 0.25) is 0 Å². The summed E-state index contributed by atoms with van der Waals surface area (Å²) in [5.41, 5.74) is 0.425. The van der Waals surface area contributed by atoms with Gasteiger partial charge in [0.1, 0.15) is 5.75 Å². The average molecular weight is 435 g/mol. The lowest BCUT2D eigenvalue weighted by molar-refractivity contribution is -0.274. The number of halogens is 3. The Morgan fingerprint density at radius 3 is 2.41 bits per heavy atom. The smallest absolute Gasteiger partial charge is 0.452 e. The van der Waals surface area contributed by atoms with Crippen molar-refractivity contribution in [2.75, 3.05) is 24.7 Å². The number of benzene rings is 1. The van der Waals surface area contributed by atoms with E-state index in [1.54, 1.807) is 6.92 Å². The standard InChI is InChI=1S/C18H20F3NO6S/c1-2-22(14-9-10-29(25,26)12-14)16(23)11-27-17(24)8-5-13-3-6-15(7-4-13)28-18(19,20)21/h3-8,14H,2,9-12H2,1H3. The molecule has 0 saturated carbocycles. The highest BCUT2D eigenvalue weighted by atomic mass is 32.2. The molecule has 1 aromatic carbocycles. The molecule has 1 atom stereocenters. The van der Waals surface area contributed by atoms with Crippen molar-refractivity contribution >= 4 is 27.8 Å². The van der Waals surface area contributed by atoms with Crippen LogP contribution >= 0.6 is 0 Å². The molecule has 2 rings (SSSR count). The average Bonchev–Trinajstić information content (AvgIpc) is 2.98. The Hall–Kier alpha value is -2.56. The second kappa shape index (κ2) is 9.29. The van der Waals surface area contributed by atoms with Crippen LogP contribution in [0.3, 0.4) is 0 Å². The molecule has 0 bridgehead atoms. The first-order valence-electron chi connectivity index (χ1n) is 8.69. The van der Waals surface area contributed by atoms with Crippen molar-refractivity contribution in [2.24, 2.45) is 0 Å². The molecule has 1 aliphatic rings. The molecule has 29 heavy (non-hydrogen) atoms. The molecule has 1 unspecified atom stereocenters. The molecule has 160 valence electrons. The second-order valence-corrected chi connectivity index (χ2v) is 8.52. The van der Waals surface area contributed by atoms with Crippen molar-refractivity contribution in [2.45, 2.75) is 25.7 Å². The van der Waals surface area contributed by atoms with E-state index in [-0.39, 0.29) is 11.5 Å². The fourth-order valence-electron chi connectivity index (χ4n) is 2.87. The number of hydrogen-bond donors (Lipinski definition) is 0. The summed E-state index contributed by atoms with van der Waals surface area (Å²) in [5, 5.41) is 0. The number of sulfone groups is 1. The molecule has 1 aliphatic heterocycles. The third-order valence-corrected chi connectivity index (χ3v) is 5.92. The van der Waals surface area contributed by atoms with E-state index in [1.807, 2.05) is 0 Å². The number of carbonyl (C=O) groups is 2. The number of esters is 1. The minimum atomic E-state index is -4.79. The van der Waals surface area contributed by atoms with Gasteiger partial charge in [0.05, 0.1) is 11.5 Å². The number of nitrogens with zero attached hydrogens (tertiary/aromatic N) is 1. The van der Waals surface area contributed by atoms with E-state index >= 15 is 0 Å². The SMILES string of the molecule is CCN(C(=O)COC(=O)C=Cc1ccc(OC(F)(F)F)cc1)C1CCS(=O)(=O)C1. The molecule has 0 N–H and O–H groups in total. The highest BCUT2D eigenvalue weighted by Crippen LogP contribution is 2.23. The van der Waals surface area contributed by atoms with Crippen LogP contribution in [0.1, 0.15) is 18.9 Å². The highest BCUT2D eigenvalue weighted by molar-refractivity contribution is 7.91. The van der Waals surface area contributed by atoms with Crippen molar-refractivity contribution in [1.82, 2.24) is 4.90 Å². The summed E-state index contributed by atoms with van der Waals surface area (Å²) in [4.78, 5) is 25.4. The van der Waals surface area contributed by atoms with Gasteiger partial charge in [-0.25, -0.2) is 13.2 Å². The van der Waals surface area contributed by atoms with Crippen molar-refractivity contribution in [1.29, 1.82) is 0 Å². The fourth-order valence-corrected chi connectivity index (χ4v) is 4.60. The van der Waals surface area contributed by atoms with Crippen molar-refractivity contribution in [3.63, 3.8) is 0 Å². The van der Waals surface area contributed by atoms with E-state index in [1.165, 1.54) is 23.1 Å². The lowest BCUT2D eigenvalue weighted by Gasteiger charge is -2.26. The number of alkyl halides is 3. The van der Waals surface area contributed by atoms with Gasteiger partial charge in [-0.15, -0.1) is 13.2 Å². The maximum atomic E-state index is 12.2. The van der Waals surface area contributed by atoms with Crippen LogP contribution < -0.4 is 4.74 Å². The van der Waals surface area contributed by atoms with Gasteiger partial charge >= 0.3 is 12.3 Å². The van der Waals surface area contributed by atoms with Crippen LogP contribution in [-0.4, -0.2) is 62.3 Å². The highest BCUT2D eigenvalue weighted by Gasteiger charge is 2.34. The summed E-state index contributed by atoms with van der Waals surface area (Å²) in [6, 6.07) is 4.39. The van der Waals surface area contributed by atoms with E-state index in [2.05, 4.69) is 4.74 Å². The van der Waals surface area contributed by atoms with Gasteiger partial charge in [-0.1, -0.05) is 12.1 Å². The molecule has 11 heteroatoms. The molecular formula is C18H20F3NO6S. The van der Waals surface area contributed by atoms with Gasteiger partial charge in [-0.3, -0.25) is 4.79 Å². The summed E-state index contributed by atoms with van der Waals surface area (Å²) in [6.45, 7) is 1.46. The van der Waals surface area contributed by atoms with E-state index in [4.69, 9.17) is 4.74 Å². The third-order valence-electron chi connectivity index (χ3n) is 4.17. The van der Waals surface area contributed by atoms with Gasteiger partial charge in [-0.2, -0.15) is 0 Å². The molecule has 1 fully saturated rings. The van der Waals surface area contributed by atoms with Crippen LogP contribution in [0.15, 0.2) is 30.3 Å². The maximum absolute atomic E-state index is 12.2. The zero-order valence-electron chi connectivity index (χ0n) is 15.5. The first kappa shape index (κ1) is 22.7. The number of ether oxygens (including phenoxy) is 2. The Labute approximate surface area is 166 Å². The normalized spacial score (nSPS) is 18.6. The Morgan fingerprint density at radius 2 is 1.90 bits per heavy atom. The first-order valence-corrected chi connectivity index (χ1v) is 10.5. The monoisotopic (exact) mass is 435 g/mol. The van der Waals surface area contributed by atoms with Gasteiger partial charge in [0, 0.05) is 18.7 Å². The number of likely N-dealkylation sites (N-methyl/N-ethyl adjacent to an activating group) is 1. The zero-order valence-corrected chi connectivity index (χ0v) is 16.3. The summed E-state index contributed by atoms with van der Waals surface area (Å²) >= 11 is 0. The summed E-state index contributed by atoms with van der Waals surface area (Å²) in [6.07, 6.45) is -2.10. The van der Waals surface area contributed by atoms with Crippen LogP contribution in [-0.2, 0) is 24.2 Å². The van der Waals surface area contributed by atoms with Crippen LogP contribution in [0.4, 0.5) is 13.2 Å². The molecule has 1 aromatic rings. The van der Waals surface area contributed by atoms with Crippen molar-refractivity contribution in [3.8, 4) is 5.75 Å². The summed E-state index contributed by atoms with van der Waals surface area (Å²) in [5.74, 6) is -1.78. The molecular weight excluding hydrogens is 415 g/mol. The topological polar surface area (TPSA) is 90.0 Å². The lowest BCUT2D eigenvalue weighted by atomic mass is 10.2. The lowest BCUT2D eigenvalue weighted by Crippen LogP contribution is -2.43. The van der Waals surface area contributed by atoms with E-state index in [0.29, 0.717) is 18.5 Å². The minimum Gasteiger partial charge on any atom is -0.452 e. The largest absolute Gasteiger partial charge is 0.573 e. The number of rotatable bonds is 7. The molecule has 0 spiro atoms. The molecule has 1 saturated heterocycles. The zero-order chi connectivity index (χ0) is 21.7. The molecule has 0 aromatic heterocycles. The predicted octanol–water partition coefficient (Wildman–Crippen LogP) is 2.18. The predicted molar refractivity (Wildman–Crippen MR) is 97.6 cm³/mol. The maximum Gasteiger partial charge on any atom is 0.573 e. The van der Waals surface area contributed by atoms with Crippen molar-refractivity contribution < 1.29 is 40.7 Å². The van der Waals surface area contributed by atoms with Crippen molar-refractivity contribution in [3.05, 3.63) is 35.9 Å². The number of carbonyl (C=O) groups excluding carboxylic acids is 2. The summed E-state index contributed by atoms with van der Waals surface area (Å²) in [7, 11) is -3.15. The molecule has 0 aliphatic carbocycles. The molecule has 7 nitrogen and oxygen atoms in total. The minimum absolute atomic E-state index is 0.0246. The van der Waals surface area contributed by atoms with Gasteiger partial charge in [0.15, 0.2) is 16.4 Å². The molecule has 1 amide bonds. The van der Waals surface area contributed by atoms with Crippen LogP contribution in [0.25, 0.3) is 6.08 Å². The van der Waals surface area contributed by atoms with E-state index in [0.717, 1.165) is 18.2 Å². The number of amides is 1.